The molecule has 0 fully saturated rings. The molecular weight excluding hydrogens is 275 g/mol. The lowest BCUT2D eigenvalue weighted by molar-refractivity contribution is 0.627. The van der Waals surface area contributed by atoms with Crippen LogP contribution in [0, 0.1) is 12.7 Å². The van der Waals surface area contributed by atoms with E-state index in [-0.39, 0.29) is 5.82 Å². The van der Waals surface area contributed by atoms with Crippen molar-refractivity contribution < 1.29 is 4.39 Å². The Kier molecular flexibility index (Phi) is 3.45. The molecule has 2 nitrogen and oxygen atoms in total. The van der Waals surface area contributed by atoms with Gasteiger partial charge in [0.15, 0.2) is 0 Å². The highest BCUT2D eigenvalue weighted by Crippen LogP contribution is 2.23. The lowest BCUT2D eigenvalue weighted by Gasteiger charge is -2.08. The Morgan fingerprint density at radius 3 is 2.60 bits per heavy atom. The van der Waals surface area contributed by atoms with E-state index in [0.29, 0.717) is 12.3 Å². The van der Waals surface area contributed by atoms with Crippen LogP contribution in [0.2, 0.25) is 0 Å². The number of aryl methyl sites for hydroxylation is 2. The van der Waals surface area contributed by atoms with Crippen LogP contribution in [0.3, 0.4) is 0 Å². The molecule has 0 saturated heterocycles. The zero-order chi connectivity index (χ0) is 14.1. The summed E-state index contributed by atoms with van der Waals surface area (Å²) in [6, 6.07) is 12.6. The van der Waals surface area contributed by atoms with Crippen LogP contribution in [0.15, 0.2) is 42.5 Å². The van der Waals surface area contributed by atoms with Gasteiger partial charge in [0.1, 0.15) is 11.6 Å². The maximum Gasteiger partial charge on any atom is 0.123 e. The van der Waals surface area contributed by atoms with Crippen molar-refractivity contribution in [2.45, 2.75) is 13.3 Å². The third-order valence-corrected chi connectivity index (χ3v) is 3.47. The molecule has 0 aliphatic rings. The number of fused-ring (bicyclic) bond motifs is 1. The standard InChI is InChI=1S/C16H14ClFN2/c1-11-2-7-14-15(10-11)20(16(19-14)8-9-17)13-5-3-12(18)4-6-13/h2-7,10H,8-9H2,1H3. The lowest BCUT2D eigenvalue weighted by Crippen LogP contribution is -2.02. The molecule has 0 aliphatic carbocycles. The van der Waals surface area contributed by atoms with E-state index >= 15 is 0 Å². The largest absolute Gasteiger partial charge is 0.296 e. The number of hydrogen-bond donors (Lipinski definition) is 0. The van der Waals surface area contributed by atoms with E-state index in [9.17, 15) is 4.39 Å². The van der Waals surface area contributed by atoms with E-state index < -0.39 is 0 Å². The minimum Gasteiger partial charge on any atom is -0.296 e. The first-order valence-corrected chi connectivity index (χ1v) is 7.02. The van der Waals surface area contributed by atoms with Crippen LogP contribution in [0.25, 0.3) is 16.7 Å². The summed E-state index contributed by atoms with van der Waals surface area (Å²) < 4.78 is 15.2. The van der Waals surface area contributed by atoms with E-state index in [1.807, 2.05) is 23.6 Å². The van der Waals surface area contributed by atoms with Gasteiger partial charge in [0.05, 0.1) is 11.0 Å². The van der Waals surface area contributed by atoms with Crippen LogP contribution < -0.4 is 0 Å². The number of imidazole rings is 1. The van der Waals surface area contributed by atoms with Gasteiger partial charge in [-0.25, -0.2) is 9.37 Å². The van der Waals surface area contributed by atoms with Crippen molar-refractivity contribution in [3.05, 3.63) is 59.7 Å². The lowest BCUT2D eigenvalue weighted by atomic mass is 10.2. The monoisotopic (exact) mass is 288 g/mol. The van der Waals surface area contributed by atoms with Crippen LogP contribution >= 0.6 is 11.6 Å². The van der Waals surface area contributed by atoms with Gasteiger partial charge in [0.2, 0.25) is 0 Å². The summed E-state index contributed by atoms with van der Waals surface area (Å²) in [5.41, 5.74) is 4.02. The summed E-state index contributed by atoms with van der Waals surface area (Å²) in [5.74, 6) is 1.16. The van der Waals surface area contributed by atoms with Crippen LogP contribution in [-0.2, 0) is 6.42 Å². The zero-order valence-corrected chi connectivity index (χ0v) is 11.9. The van der Waals surface area contributed by atoms with Crippen molar-refractivity contribution in [3.8, 4) is 5.69 Å². The van der Waals surface area contributed by atoms with Gasteiger partial charge in [-0.1, -0.05) is 6.07 Å². The Morgan fingerprint density at radius 2 is 1.90 bits per heavy atom. The first-order chi connectivity index (χ1) is 9.69. The second kappa shape index (κ2) is 5.25. The van der Waals surface area contributed by atoms with Crippen molar-refractivity contribution in [3.63, 3.8) is 0 Å². The fourth-order valence-corrected chi connectivity index (χ4v) is 2.53. The number of nitrogens with zero attached hydrogens (tertiary/aromatic N) is 2. The molecule has 0 radical (unpaired) electrons. The van der Waals surface area contributed by atoms with Gasteiger partial charge in [0, 0.05) is 18.0 Å². The van der Waals surface area contributed by atoms with Gasteiger partial charge in [-0.15, -0.1) is 11.6 Å². The highest BCUT2D eigenvalue weighted by Gasteiger charge is 2.12. The molecular formula is C16H14ClFN2. The summed E-state index contributed by atoms with van der Waals surface area (Å²) in [6.07, 6.45) is 0.673. The van der Waals surface area contributed by atoms with E-state index in [1.165, 1.54) is 12.1 Å². The van der Waals surface area contributed by atoms with Crippen molar-refractivity contribution in [2.24, 2.45) is 0 Å². The van der Waals surface area contributed by atoms with Gasteiger partial charge in [-0.3, -0.25) is 4.57 Å². The molecule has 4 heteroatoms. The van der Waals surface area contributed by atoms with Gasteiger partial charge in [-0.2, -0.15) is 0 Å². The van der Waals surface area contributed by atoms with Gasteiger partial charge in [0.25, 0.3) is 0 Å². The summed E-state index contributed by atoms with van der Waals surface area (Å²) in [7, 11) is 0. The Bertz CT molecular complexity index is 747. The number of alkyl halides is 1. The number of benzene rings is 2. The second-order valence-corrected chi connectivity index (χ2v) is 5.15. The number of halogens is 2. The minimum absolute atomic E-state index is 0.242. The van der Waals surface area contributed by atoms with Crippen molar-refractivity contribution in [1.82, 2.24) is 9.55 Å². The molecule has 0 bridgehead atoms. The normalized spacial score (nSPS) is 11.2. The van der Waals surface area contributed by atoms with Crippen LogP contribution in [0.1, 0.15) is 11.4 Å². The topological polar surface area (TPSA) is 17.8 Å². The molecule has 3 rings (SSSR count). The predicted molar refractivity (Wildman–Crippen MR) is 80.2 cm³/mol. The molecule has 20 heavy (non-hydrogen) atoms. The summed E-state index contributed by atoms with van der Waals surface area (Å²) in [5, 5.41) is 0. The molecule has 0 unspecified atom stereocenters. The quantitative estimate of drug-likeness (QED) is 0.659. The molecule has 2 aromatic carbocycles. The SMILES string of the molecule is Cc1ccc2nc(CCCl)n(-c3ccc(F)cc3)c2c1. The van der Waals surface area contributed by atoms with Crippen molar-refractivity contribution in [2.75, 3.05) is 5.88 Å². The molecule has 0 atom stereocenters. The Hall–Kier alpha value is -1.87. The Morgan fingerprint density at radius 1 is 1.15 bits per heavy atom. The maximum atomic E-state index is 13.1. The smallest absolute Gasteiger partial charge is 0.123 e. The van der Waals surface area contributed by atoms with E-state index in [4.69, 9.17) is 11.6 Å². The zero-order valence-electron chi connectivity index (χ0n) is 11.1. The molecule has 0 saturated carbocycles. The highest BCUT2D eigenvalue weighted by atomic mass is 35.5. The van der Waals surface area contributed by atoms with Gasteiger partial charge in [-0.05, 0) is 48.9 Å². The predicted octanol–water partition coefficient (Wildman–Crippen LogP) is 4.25. The summed E-state index contributed by atoms with van der Waals surface area (Å²) in [6.45, 7) is 2.04. The van der Waals surface area contributed by atoms with Crippen molar-refractivity contribution >= 4 is 22.6 Å². The first kappa shape index (κ1) is 13.1. The number of rotatable bonds is 3. The molecule has 1 heterocycles. The fourth-order valence-electron chi connectivity index (χ4n) is 2.37. The fraction of sp³-hybridized carbons (Fsp3) is 0.188. The maximum absolute atomic E-state index is 13.1. The molecule has 0 N–H and O–H groups in total. The Balaban J connectivity index is 2.27. The molecule has 0 aliphatic heterocycles. The van der Waals surface area contributed by atoms with Gasteiger partial charge >= 0.3 is 0 Å². The molecule has 0 amide bonds. The number of hydrogen-bond acceptors (Lipinski definition) is 1. The Labute approximate surface area is 121 Å². The van der Waals surface area contributed by atoms with E-state index in [1.54, 1.807) is 12.1 Å². The van der Waals surface area contributed by atoms with Crippen LogP contribution in [0.5, 0.6) is 0 Å². The summed E-state index contributed by atoms with van der Waals surface area (Å²) >= 11 is 5.87. The second-order valence-electron chi connectivity index (χ2n) is 4.77. The average molecular weight is 289 g/mol. The molecule has 3 aromatic rings. The first-order valence-electron chi connectivity index (χ1n) is 6.49. The van der Waals surface area contributed by atoms with Gasteiger partial charge < -0.3 is 0 Å². The third kappa shape index (κ3) is 2.29. The van der Waals surface area contributed by atoms with Crippen molar-refractivity contribution in [1.29, 1.82) is 0 Å². The molecule has 1 aromatic heterocycles. The third-order valence-electron chi connectivity index (χ3n) is 3.28. The minimum atomic E-state index is -0.242. The average Bonchev–Trinajstić information content (AvgIpc) is 2.78. The van der Waals surface area contributed by atoms with Crippen LogP contribution in [-0.4, -0.2) is 15.4 Å². The van der Waals surface area contributed by atoms with Crippen LogP contribution in [0.4, 0.5) is 4.39 Å². The van der Waals surface area contributed by atoms with E-state index in [0.717, 1.165) is 28.1 Å². The molecule has 102 valence electrons. The van der Waals surface area contributed by atoms with E-state index in [2.05, 4.69) is 11.1 Å². The number of aromatic nitrogens is 2. The highest BCUT2D eigenvalue weighted by molar-refractivity contribution is 6.17. The molecule has 0 spiro atoms. The summed E-state index contributed by atoms with van der Waals surface area (Å²) in [4.78, 5) is 4.63.